The minimum atomic E-state index is -0.678. The van der Waals surface area contributed by atoms with Crippen molar-refractivity contribution in [1.82, 2.24) is 0 Å². The van der Waals surface area contributed by atoms with E-state index in [4.69, 9.17) is 20.8 Å². The summed E-state index contributed by atoms with van der Waals surface area (Å²) in [6.07, 6.45) is 1.41. The number of ether oxygens (including phenoxy) is 1. The minimum absolute atomic E-state index is 0.0215. The van der Waals surface area contributed by atoms with E-state index in [1.54, 1.807) is 6.07 Å². The van der Waals surface area contributed by atoms with Crippen molar-refractivity contribution in [2.75, 3.05) is 0 Å². The van der Waals surface area contributed by atoms with Gasteiger partial charge in [-0.2, -0.15) is 0 Å². The number of hydrogen-bond donors (Lipinski definition) is 0. The standard InChI is InChI=1S/C14H5Br2ClN2O5/c15-9-4-7(23-12(9)16)5-11-14(20)24-13(18-11)8-2-1-6(19(21)22)3-10(8)17/h1-5H/b11-5-. The van der Waals surface area contributed by atoms with E-state index in [9.17, 15) is 14.9 Å². The average molecular weight is 476 g/mol. The first kappa shape index (κ1) is 16.9. The highest BCUT2D eigenvalue weighted by molar-refractivity contribution is 9.13. The Morgan fingerprint density at radius 2 is 2.04 bits per heavy atom. The van der Waals surface area contributed by atoms with Crippen LogP contribution in [0, 0.1) is 10.1 Å². The lowest BCUT2D eigenvalue weighted by molar-refractivity contribution is -0.384. The molecule has 0 N–H and O–H groups in total. The van der Waals surface area contributed by atoms with Gasteiger partial charge >= 0.3 is 5.97 Å². The molecule has 122 valence electrons. The summed E-state index contributed by atoms with van der Waals surface area (Å²) in [6.45, 7) is 0. The molecule has 0 saturated heterocycles. The van der Waals surface area contributed by atoms with Crippen LogP contribution >= 0.6 is 43.5 Å². The first-order valence-electron chi connectivity index (χ1n) is 6.27. The number of benzene rings is 1. The largest absolute Gasteiger partial charge is 0.449 e. The molecule has 0 spiro atoms. The summed E-state index contributed by atoms with van der Waals surface area (Å²) in [6, 6.07) is 5.43. The van der Waals surface area contributed by atoms with E-state index in [2.05, 4.69) is 36.9 Å². The normalized spacial score (nSPS) is 15.5. The first-order valence-corrected chi connectivity index (χ1v) is 8.23. The average Bonchev–Trinajstić information content (AvgIpc) is 3.02. The van der Waals surface area contributed by atoms with Crippen LogP contribution in [-0.2, 0) is 9.53 Å². The molecule has 0 saturated carbocycles. The van der Waals surface area contributed by atoms with Crippen LogP contribution in [0.1, 0.15) is 11.3 Å². The number of nitro benzene ring substituents is 1. The molecule has 1 aromatic heterocycles. The van der Waals surface area contributed by atoms with Crippen molar-refractivity contribution in [2.24, 2.45) is 4.99 Å². The molecule has 1 aliphatic rings. The van der Waals surface area contributed by atoms with E-state index in [1.165, 1.54) is 18.2 Å². The van der Waals surface area contributed by atoms with Crippen molar-refractivity contribution in [2.45, 2.75) is 0 Å². The number of hydrogen-bond acceptors (Lipinski definition) is 6. The quantitative estimate of drug-likeness (QED) is 0.277. The lowest BCUT2D eigenvalue weighted by Gasteiger charge is -2.02. The second-order valence-corrected chi connectivity index (χ2v) is 6.51. The molecular weight excluding hydrogens is 471 g/mol. The molecule has 0 atom stereocenters. The number of rotatable bonds is 3. The molecule has 0 bridgehead atoms. The monoisotopic (exact) mass is 474 g/mol. The summed E-state index contributed by atoms with van der Waals surface area (Å²) in [5, 5.41) is 10.8. The molecule has 0 amide bonds. The molecule has 0 aliphatic carbocycles. The summed E-state index contributed by atoms with van der Waals surface area (Å²) in [4.78, 5) is 26.1. The second-order valence-electron chi connectivity index (χ2n) is 4.53. The third kappa shape index (κ3) is 3.28. The van der Waals surface area contributed by atoms with Crippen molar-refractivity contribution in [3.63, 3.8) is 0 Å². The van der Waals surface area contributed by atoms with Gasteiger partial charge in [0.2, 0.25) is 5.90 Å². The molecule has 2 aromatic rings. The van der Waals surface area contributed by atoms with Crippen LogP contribution in [0.4, 0.5) is 5.69 Å². The smallest absolute Gasteiger partial charge is 0.363 e. The van der Waals surface area contributed by atoms with Crippen molar-refractivity contribution in [3.8, 4) is 0 Å². The fraction of sp³-hybridized carbons (Fsp3) is 0. The Balaban J connectivity index is 1.96. The fourth-order valence-electron chi connectivity index (χ4n) is 1.88. The highest BCUT2D eigenvalue weighted by atomic mass is 79.9. The van der Waals surface area contributed by atoms with Gasteiger partial charge in [-0.05, 0) is 44.0 Å². The zero-order valence-electron chi connectivity index (χ0n) is 11.5. The first-order chi connectivity index (χ1) is 11.3. The van der Waals surface area contributed by atoms with Gasteiger partial charge in [0.25, 0.3) is 5.69 Å². The maximum Gasteiger partial charge on any atom is 0.363 e. The SMILES string of the molecule is O=C1OC(c2ccc([N+](=O)[O-])cc2Cl)=N/C1=C\c1cc(Br)c(Br)o1. The zero-order valence-corrected chi connectivity index (χ0v) is 15.4. The summed E-state index contributed by atoms with van der Waals surface area (Å²) < 4.78 is 11.6. The number of nitrogens with zero attached hydrogens (tertiary/aromatic N) is 2. The van der Waals surface area contributed by atoms with Crippen LogP contribution in [0.3, 0.4) is 0 Å². The van der Waals surface area contributed by atoms with E-state index in [-0.39, 0.29) is 27.9 Å². The summed E-state index contributed by atoms with van der Waals surface area (Å²) in [5.41, 5.74) is 0.128. The Morgan fingerprint density at radius 3 is 2.62 bits per heavy atom. The Kier molecular flexibility index (Phi) is 4.57. The Hall–Kier alpha value is -1.97. The third-order valence-corrected chi connectivity index (χ3v) is 4.98. The zero-order chi connectivity index (χ0) is 17.4. The summed E-state index contributed by atoms with van der Waals surface area (Å²) in [7, 11) is 0. The van der Waals surface area contributed by atoms with E-state index < -0.39 is 10.9 Å². The third-order valence-electron chi connectivity index (χ3n) is 2.96. The second kappa shape index (κ2) is 6.50. The van der Waals surface area contributed by atoms with E-state index >= 15 is 0 Å². The molecule has 1 aliphatic heterocycles. The van der Waals surface area contributed by atoms with Gasteiger partial charge in [-0.1, -0.05) is 11.6 Å². The van der Waals surface area contributed by atoms with Crippen LogP contribution in [0.5, 0.6) is 0 Å². The van der Waals surface area contributed by atoms with Gasteiger partial charge < -0.3 is 9.15 Å². The molecule has 7 nitrogen and oxygen atoms in total. The molecule has 0 radical (unpaired) electrons. The topological polar surface area (TPSA) is 94.9 Å². The molecule has 3 rings (SSSR count). The van der Waals surface area contributed by atoms with Crippen molar-refractivity contribution in [3.05, 3.63) is 65.6 Å². The van der Waals surface area contributed by atoms with Crippen molar-refractivity contribution >= 4 is 67.1 Å². The number of carbonyl (C=O) groups is 1. The molecule has 0 unspecified atom stereocenters. The predicted octanol–water partition coefficient (Wildman–Crippen LogP) is 4.71. The van der Waals surface area contributed by atoms with Crippen LogP contribution in [0.25, 0.3) is 6.08 Å². The lowest BCUT2D eigenvalue weighted by atomic mass is 10.2. The summed E-state index contributed by atoms with van der Waals surface area (Å²) in [5.74, 6) is -0.320. The fourth-order valence-corrected chi connectivity index (χ4v) is 2.75. The van der Waals surface area contributed by atoms with Crippen LogP contribution in [0.2, 0.25) is 5.02 Å². The maximum atomic E-state index is 11.9. The Morgan fingerprint density at radius 1 is 1.29 bits per heavy atom. The molecule has 2 heterocycles. The Labute approximate surface area is 156 Å². The molecule has 1 aromatic carbocycles. The number of halogens is 3. The number of aliphatic imine (C=N–C) groups is 1. The van der Waals surface area contributed by atoms with E-state index in [1.807, 2.05) is 0 Å². The van der Waals surface area contributed by atoms with Gasteiger partial charge in [-0.15, -0.1) is 0 Å². The number of carbonyl (C=O) groups excluding carboxylic acids is 1. The van der Waals surface area contributed by atoms with Gasteiger partial charge in [-0.25, -0.2) is 9.79 Å². The van der Waals surface area contributed by atoms with Crippen LogP contribution in [0.15, 0.2) is 48.5 Å². The van der Waals surface area contributed by atoms with Gasteiger partial charge in [0, 0.05) is 18.2 Å². The minimum Gasteiger partial charge on any atom is -0.449 e. The predicted molar refractivity (Wildman–Crippen MR) is 92.8 cm³/mol. The van der Waals surface area contributed by atoms with Gasteiger partial charge in [0.1, 0.15) is 5.76 Å². The van der Waals surface area contributed by atoms with Crippen molar-refractivity contribution < 1.29 is 18.9 Å². The van der Waals surface area contributed by atoms with Gasteiger partial charge in [0.05, 0.1) is 20.0 Å². The van der Waals surface area contributed by atoms with Gasteiger partial charge in [0.15, 0.2) is 10.4 Å². The number of cyclic esters (lactones) is 1. The van der Waals surface area contributed by atoms with E-state index in [0.29, 0.717) is 14.9 Å². The maximum absolute atomic E-state index is 11.9. The van der Waals surface area contributed by atoms with Crippen LogP contribution < -0.4 is 0 Å². The summed E-state index contributed by atoms with van der Waals surface area (Å²) >= 11 is 12.5. The molecule has 10 heteroatoms. The Bertz CT molecular complexity index is 916. The molecule has 24 heavy (non-hydrogen) atoms. The number of furan rings is 1. The molecular formula is C14H5Br2ClN2O5. The van der Waals surface area contributed by atoms with Gasteiger partial charge in [-0.3, -0.25) is 10.1 Å². The number of nitro groups is 1. The van der Waals surface area contributed by atoms with Crippen molar-refractivity contribution in [1.29, 1.82) is 0 Å². The number of esters is 1. The van der Waals surface area contributed by atoms with E-state index in [0.717, 1.165) is 6.07 Å². The van der Waals surface area contributed by atoms with Crippen LogP contribution in [-0.4, -0.2) is 16.8 Å². The molecule has 0 fully saturated rings. The number of non-ortho nitro benzene ring substituents is 1. The highest BCUT2D eigenvalue weighted by Crippen LogP contribution is 2.30. The lowest BCUT2D eigenvalue weighted by Crippen LogP contribution is -2.06. The highest BCUT2D eigenvalue weighted by Gasteiger charge is 2.27.